The predicted octanol–water partition coefficient (Wildman–Crippen LogP) is 4.21. The van der Waals surface area contributed by atoms with E-state index in [0.29, 0.717) is 0 Å². The van der Waals surface area contributed by atoms with Gasteiger partial charge in [-0.25, -0.2) is 0 Å². The summed E-state index contributed by atoms with van der Waals surface area (Å²) in [5.41, 5.74) is -0.444. The molecule has 0 radical (unpaired) electrons. The average molecular weight is 256 g/mol. The molecule has 0 aromatic rings. The molecule has 18 heavy (non-hydrogen) atoms. The molecule has 0 saturated heterocycles. The van der Waals surface area contributed by atoms with Gasteiger partial charge in [0, 0.05) is 11.3 Å². The molecule has 0 aliphatic rings. The van der Waals surface area contributed by atoms with Crippen molar-refractivity contribution in [1.29, 1.82) is 0 Å². The molecule has 1 N–H and O–H groups in total. The van der Waals surface area contributed by atoms with Crippen molar-refractivity contribution in [3.8, 4) is 0 Å². The first-order valence-electron chi connectivity index (χ1n) is 7.44. The second-order valence-electron chi connectivity index (χ2n) is 6.23. The highest BCUT2D eigenvalue weighted by molar-refractivity contribution is 5.86. The molecule has 0 amide bonds. The highest BCUT2D eigenvalue weighted by Gasteiger charge is 2.41. The van der Waals surface area contributed by atoms with Crippen LogP contribution in [0, 0.1) is 16.7 Å². The van der Waals surface area contributed by atoms with Crippen molar-refractivity contribution in [3.63, 3.8) is 0 Å². The first-order chi connectivity index (χ1) is 8.22. The van der Waals surface area contributed by atoms with Gasteiger partial charge in [0.1, 0.15) is 5.78 Å². The van der Waals surface area contributed by atoms with Gasteiger partial charge in [0.05, 0.1) is 6.10 Å². The van der Waals surface area contributed by atoms with Crippen molar-refractivity contribution >= 4 is 5.78 Å². The molecule has 0 aromatic carbocycles. The molecule has 0 aromatic heterocycles. The summed E-state index contributed by atoms with van der Waals surface area (Å²) in [7, 11) is 0. The number of aliphatic hydroxyl groups is 1. The van der Waals surface area contributed by atoms with E-state index in [-0.39, 0.29) is 22.5 Å². The quantitative estimate of drug-likeness (QED) is 0.706. The van der Waals surface area contributed by atoms with Crippen molar-refractivity contribution < 1.29 is 9.90 Å². The highest BCUT2D eigenvalue weighted by Crippen LogP contribution is 2.38. The SMILES string of the molecule is CCC(C)(CC)C(=O)C(C)C(O)C(C)(CC)CC. The van der Waals surface area contributed by atoms with Gasteiger partial charge in [-0.1, -0.05) is 48.5 Å². The number of hydrogen-bond donors (Lipinski definition) is 1. The average Bonchev–Trinajstić information content (AvgIpc) is 2.42. The lowest BCUT2D eigenvalue weighted by molar-refractivity contribution is -0.139. The standard InChI is InChI=1S/C16H32O2/c1-8-15(6,9-2)13(17)12(5)14(18)16(7,10-3)11-4/h12-13,17H,8-11H2,1-7H3. The number of carbonyl (C=O) groups is 1. The zero-order valence-electron chi connectivity index (χ0n) is 13.3. The lowest BCUT2D eigenvalue weighted by Crippen LogP contribution is -2.44. The van der Waals surface area contributed by atoms with Crippen LogP contribution in [-0.4, -0.2) is 17.0 Å². The fourth-order valence-corrected chi connectivity index (χ4v) is 2.56. The van der Waals surface area contributed by atoms with E-state index in [4.69, 9.17) is 0 Å². The Bertz CT molecular complexity index is 262. The molecule has 2 nitrogen and oxygen atoms in total. The van der Waals surface area contributed by atoms with Crippen LogP contribution in [0.3, 0.4) is 0 Å². The Labute approximate surface area is 113 Å². The topological polar surface area (TPSA) is 37.3 Å². The summed E-state index contributed by atoms with van der Waals surface area (Å²) < 4.78 is 0. The van der Waals surface area contributed by atoms with E-state index < -0.39 is 6.10 Å². The van der Waals surface area contributed by atoms with E-state index >= 15 is 0 Å². The first-order valence-corrected chi connectivity index (χ1v) is 7.44. The maximum atomic E-state index is 12.6. The van der Waals surface area contributed by atoms with Gasteiger partial charge in [0.15, 0.2) is 0 Å². The number of rotatable bonds is 8. The van der Waals surface area contributed by atoms with Crippen molar-refractivity contribution in [2.75, 3.05) is 0 Å². The van der Waals surface area contributed by atoms with E-state index in [2.05, 4.69) is 34.6 Å². The molecule has 108 valence electrons. The molecular weight excluding hydrogens is 224 g/mol. The smallest absolute Gasteiger partial charge is 0.144 e. The van der Waals surface area contributed by atoms with E-state index in [1.807, 2.05) is 13.8 Å². The zero-order valence-corrected chi connectivity index (χ0v) is 13.3. The largest absolute Gasteiger partial charge is 0.392 e. The van der Waals surface area contributed by atoms with Gasteiger partial charge in [0.25, 0.3) is 0 Å². The second-order valence-corrected chi connectivity index (χ2v) is 6.23. The second kappa shape index (κ2) is 6.70. The molecule has 0 aliphatic carbocycles. The summed E-state index contributed by atoms with van der Waals surface area (Å²) in [6.45, 7) is 14.3. The summed E-state index contributed by atoms with van der Waals surface area (Å²) in [4.78, 5) is 12.6. The fraction of sp³-hybridized carbons (Fsp3) is 0.938. The summed E-state index contributed by atoms with van der Waals surface area (Å²) in [5.74, 6) is -0.0621. The fourth-order valence-electron chi connectivity index (χ4n) is 2.56. The summed E-state index contributed by atoms with van der Waals surface area (Å²) in [6.07, 6.45) is 2.94. The molecule has 0 saturated carbocycles. The molecular formula is C16H32O2. The Balaban J connectivity index is 5.05. The summed E-state index contributed by atoms with van der Waals surface area (Å²) in [5, 5.41) is 10.5. The number of carbonyl (C=O) groups excluding carboxylic acids is 1. The van der Waals surface area contributed by atoms with Crippen LogP contribution in [0.1, 0.15) is 74.1 Å². The predicted molar refractivity (Wildman–Crippen MR) is 77.6 cm³/mol. The maximum absolute atomic E-state index is 12.6. The van der Waals surface area contributed by atoms with Crippen LogP contribution < -0.4 is 0 Å². The summed E-state index contributed by atoms with van der Waals surface area (Å²) >= 11 is 0. The molecule has 0 bridgehead atoms. The number of ketones is 1. The van der Waals surface area contributed by atoms with Gasteiger partial charge in [0.2, 0.25) is 0 Å². The van der Waals surface area contributed by atoms with E-state index in [0.717, 1.165) is 25.7 Å². The van der Waals surface area contributed by atoms with Gasteiger partial charge < -0.3 is 5.11 Å². The van der Waals surface area contributed by atoms with Crippen LogP contribution >= 0.6 is 0 Å². The number of aliphatic hydroxyl groups excluding tert-OH is 1. The third-order valence-electron chi connectivity index (χ3n) is 5.37. The lowest BCUT2D eigenvalue weighted by atomic mass is 9.68. The van der Waals surface area contributed by atoms with Crippen molar-refractivity contribution in [2.45, 2.75) is 80.3 Å². The highest BCUT2D eigenvalue weighted by atomic mass is 16.3. The molecule has 0 aliphatic heterocycles. The third-order valence-corrected chi connectivity index (χ3v) is 5.37. The molecule has 2 unspecified atom stereocenters. The lowest BCUT2D eigenvalue weighted by Gasteiger charge is -2.38. The molecule has 2 heteroatoms. The normalized spacial score (nSPS) is 16.4. The van der Waals surface area contributed by atoms with Crippen LogP contribution in [0.4, 0.5) is 0 Å². The maximum Gasteiger partial charge on any atom is 0.144 e. The number of hydrogen-bond acceptors (Lipinski definition) is 2. The Kier molecular flexibility index (Phi) is 6.56. The molecule has 0 spiro atoms. The van der Waals surface area contributed by atoms with Crippen molar-refractivity contribution in [2.24, 2.45) is 16.7 Å². The van der Waals surface area contributed by atoms with Crippen LogP contribution in [0.5, 0.6) is 0 Å². The van der Waals surface area contributed by atoms with Crippen LogP contribution in [0.15, 0.2) is 0 Å². The monoisotopic (exact) mass is 256 g/mol. The van der Waals surface area contributed by atoms with Crippen molar-refractivity contribution in [3.05, 3.63) is 0 Å². The van der Waals surface area contributed by atoms with E-state index in [1.165, 1.54) is 0 Å². The Morgan fingerprint density at radius 1 is 1.00 bits per heavy atom. The van der Waals surface area contributed by atoms with Gasteiger partial charge in [-0.2, -0.15) is 0 Å². The minimum atomic E-state index is -0.544. The Morgan fingerprint density at radius 2 is 1.39 bits per heavy atom. The number of Topliss-reactive ketones (excluding diaryl/α,β-unsaturated/α-hetero) is 1. The molecule has 2 atom stereocenters. The molecule has 0 rings (SSSR count). The zero-order chi connectivity index (χ0) is 14.6. The van der Waals surface area contributed by atoms with Gasteiger partial charge in [-0.3, -0.25) is 4.79 Å². The van der Waals surface area contributed by atoms with Gasteiger partial charge in [-0.15, -0.1) is 0 Å². The van der Waals surface area contributed by atoms with E-state index in [1.54, 1.807) is 0 Å². The Hall–Kier alpha value is -0.370. The minimum Gasteiger partial charge on any atom is -0.392 e. The van der Waals surface area contributed by atoms with Crippen LogP contribution in [0.2, 0.25) is 0 Å². The molecule has 0 heterocycles. The molecule has 0 fully saturated rings. The Morgan fingerprint density at radius 3 is 1.67 bits per heavy atom. The van der Waals surface area contributed by atoms with Crippen molar-refractivity contribution in [1.82, 2.24) is 0 Å². The summed E-state index contributed by atoms with van der Waals surface area (Å²) in [6, 6.07) is 0. The van der Waals surface area contributed by atoms with E-state index in [9.17, 15) is 9.90 Å². The van der Waals surface area contributed by atoms with Gasteiger partial charge >= 0.3 is 0 Å². The van der Waals surface area contributed by atoms with Crippen LogP contribution in [-0.2, 0) is 4.79 Å². The first kappa shape index (κ1) is 17.6. The van der Waals surface area contributed by atoms with Crippen LogP contribution in [0.25, 0.3) is 0 Å². The minimum absolute atomic E-state index is 0.155. The van der Waals surface area contributed by atoms with Gasteiger partial charge in [-0.05, 0) is 31.1 Å². The third kappa shape index (κ3) is 3.34.